The van der Waals surface area contributed by atoms with E-state index in [2.05, 4.69) is 10.2 Å². The van der Waals surface area contributed by atoms with Gasteiger partial charge in [-0.1, -0.05) is 0 Å². The Hall–Kier alpha value is -1.56. The molecule has 0 bridgehead atoms. The van der Waals surface area contributed by atoms with Gasteiger partial charge >= 0.3 is 5.69 Å². The normalized spacial score (nSPS) is 16.5. The lowest BCUT2D eigenvalue weighted by molar-refractivity contribution is 0.566. The lowest BCUT2D eigenvalue weighted by atomic mass is 10.3. The van der Waals surface area contributed by atoms with Crippen LogP contribution in [0.1, 0.15) is 0 Å². The summed E-state index contributed by atoms with van der Waals surface area (Å²) in [5.74, 6) is 0.703. The van der Waals surface area contributed by atoms with E-state index < -0.39 is 0 Å². The lowest BCUT2D eigenvalue weighted by Gasteiger charge is -2.30. The highest BCUT2D eigenvalue weighted by atomic mass is 16.2. The third kappa shape index (κ3) is 1.76. The van der Waals surface area contributed by atoms with E-state index in [1.807, 2.05) is 0 Å². The van der Waals surface area contributed by atoms with Gasteiger partial charge in [-0.25, -0.2) is 4.79 Å². The molecule has 1 saturated heterocycles. The average Bonchev–Trinajstić information content (AvgIpc) is 2.32. The maximum absolute atomic E-state index is 11.7. The summed E-state index contributed by atoms with van der Waals surface area (Å²) < 4.78 is 2.64. The van der Waals surface area contributed by atoms with Gasteiger partial charge in [0.25, 0.3) is 5.56 Å². The monoisotopic (exact) mass is 224 g/mol. The van der Waals surface area contributed by atoms with E-state index in [-0.39, 0.29) is 11.2 Å². The Balaban J connectivity index is 2.48. The average molecular weight is 224 g/mol. The Morgan fingerprint density at radius 3 is 2.38 bits per heavy atom. The number of rotatable bonds is 1. The molecule has 0 amide bonds. The van der Waals surface area contributed by atoms with Crippen LogP contribution in [0.5, 0.6) is 0 Å². The van der Waals surface area contributed by atoms with Crippen molar-refractivity contribution >= 4 is 5.82 Å². The number of hydrogen-bond donors (Lipinski definition) is 1. The molecule has 0 spiro atoms. The fourth-order valence-corrected chi connectivity index (χ4v) is 1.92. The summed E-state index contributed by atoms with van der Waals surface area (Å²) in [6.45, 7) is 3.40. The van der Waals surface area contributed by atoms with Gasteiger partial charge in [0.05, 0.1) is 0 Å². The van der Waals surface area contributed by atoms with Crippen LogP contribution in [0.25, 0.3) is 0 Å². The van der Waals surface area contributed by atoms with Crippen molar-refractivity contribution in [2.45, 2.75) is 0 Å². The van der Waals surface area contributed by atoms with E-state index in [4.69, 9.17) is 0 Å². The highest BCUT2D eigenvalue weighted by Gasteiger charge is 2.15. The third-order valence-electron chi connectivity index (χ3n) is 2.94. The first-order chi connectivity index (χ1) is 7.61. The van der Waals surface area contributed by atoms with Gasteiger partial charge in [-0.05, 0) is 0 Å². The summed E-state index contributed by atoms with van der Waals surface area (Å²) in [4.78, 5) is 25.4. The zero-order valence-corrected chi connectivity index (χ0v) is 9.56. The predicted octanol–water partition coefficient (Wildman–Crippen LogP) is -1.51. The second-order valence-electron chi connectivity index (χ2n) is 3.98. The first-order valence-electron chi connectivity index (χ1n) is 5.34. The van der Waals surface area contributed by atoms with E-state index in [0.29, 0.717) is 5.82 Å². The highest BCUT2D eigenvalue weighted by Crippen LogP contribution is 2.08. The molecule has 1 N–H and O–H groups in total. The molecule has 6 heteroatoms. The molecule has 6 nitrogen and oxygen atoms in total. The van der Waals surface area contributed by atoms with Crippen molar-refractivity contribution in [3.63, 3.8) is 0 Å². The van der Waals surface area contributed by atoms with Crippen LogP contribution in [-0.2, 0) is 14.1 Å². The van der Waals surface area contributed by atoms with E-state index in [9.17, 15) is 9.59 Å². The maximum Gasteiger partial charge on any atom is 0.332 e. The zero-order chi connectivity index (χ0) is 11.7. The molecule has 1 aliphatic heterocycles. The van der Waals surface area contributed by atoms with Crippen LogP contribution in [-0.4, -0.2) is 35.3 Å². The summed E-state index contributed by atoms with van der Waals surface area (Å²) >= 11 is 0. The summed E-state index contributed by atoms with van der Waals surface area (Å²) in [5.41, 5.74) is -0.530. The van der Waals surface area contributed by atoms with Gasteiger partial charge in [-0.2, -0.15) is 0 Å². The smallest absolute Gasteiger partial charge is 0.332 e. The van der Waals surface area contributed by atoms with Crippen LogP contribution < -0.4 is 21.5 Å². The molecule has 0 saturated carbocycles. The second kappa shape index (κ2) is 4.13. The van der Waals surface area contributed by atoms with Crippen molar-refractivity contribution in [1.29, 1.82) is 0 Å². The number of hydrogen-bond acceptors (Lipinski definition) is 4. The van der Waals surface area contributed by atoms with Gasteiger partial charge in [-0.3, -0.25) is 13.9 Å². The van der Waals surface area contributed by atoms with Crippen molar-refractivity contribution in [3.05, 3.63) is 26.9 Å². The van der Waals surface area contributed by atoms with Crippen LogP contribution in [0.3, 0.4) is 0 Å². The highest BCUT2D eigenvalue weighted by molar-refractivity contribution is 5.38. The molecule has 0 radical (unpaired) electrons. The SMILES string of the molecule is Cn1c(N2CCNCC2)cc(=O)n(C)c1=O. The van der Waals surface area contributed by atoms with Gasteiger partial charge in [0.1, 0.15) is 5.82 Å². The standard InChI is InChI=1S/C10H16N4O2/c1-12-8(14-5-3-11-4-6-14)7-9(15)13(2)10(12)16/h7,11H,3-6H2,1-2H3. The topological polar surface area (TPSA) is 59.3 Å². The van der Waals surface area contributed by atoms with Crippen molar-refractivity contribution in [2.24, 2.45) is 14.1 Å². The molecule has 88 valence electrons. The molecular formula is C10H16N4O2. The second-order valence-corrected chi connectivity index (χ2v) is 3.98. The minimum Gasteiger partial charge on any atom is -0.355 e. The van der Waals surface area contributed by atoms with Crippen LogP contribution in [0.2, 0.25) is 0 Å². The molecule has 2 rings (SSSR count). The van der Waals surface area contributed by atoms with Crippen molar-refractivity contribution in [1.82, 2.24) is 14.5 Å². The van der Waals surface area contributed by atoms with E-state index in [1.165, 1.54) is 17.7 Å². The fraction of sp³-hybridized carbons (Fsp3) is 0.600. The van der Waals surface area contributed by atoms with Gasteiger partial charge in [-0.15, -0.1) is 0 Å². The third-order valence-corrected chi connectivity index (χ3v) is 2.94. The van der Waals surface area contributed by atoms with E-state index in [0.717, 1.165) is 30.7 Å². The summed E-state index contributed by atoms with van der Waals surface area (Å²) in [5, 5.41) is 3.23. The Morgan fingerprint density at radius 2 is 1.75 bits per heavy atom. The molecule has 1 fully saturated rings. The van der Waals surface area contributed by atoms with Crippen molar-refractivity contribution < 1.29 is 0 Å². The molecule has 1 aliphatic rings. The number of aromatic nitrogens is 2. The van der Waals surface area contributed by atoms with Gasteiger partial charge in [0.2, 0.25) is 0 Å². The molecule has 16 heavy (non-hydrogen) atoms. The molecule has 1 aromatic rings. The largest absolute Gasteiger partial charge is 0.355 e. The Labute approximate surface area is 93.1 Å². The molecule has 0 aromatic carbocycles. The van der Waals surface area contributed by atoms with E-state index >= 15 is 0 Å². The van der Waals surface area contributed by atoms with Gasteiger partial charge < -0.3 is 10.2 Å². The fourth-order valence-electron chi connectivity index (χ4n) is 1.92. The molecule has 0 aliphatic carbocycles. The molecule has 1 aromatic heterocycles. The summed E-state index contributed by atoms with van der Waals surface area (Å²) in [7, 11) is 3.19. The van der Waals surface area contributed by atoms with Crippen LogP contribution in [0.4, 0.5) is 5.82 Å². The minimum atomic E-state index is -0.277. The van der Waals surface area contributed by atoms with Gasteiger partial charge in [0.15, 0.2) is 0 Å². The lowest BCUT2D eigenvalue weighted by Crippen LogP contribution is -2.47. The number of nitrogens with zero attached hydrogens (tertiary/aromatic N) is 3. The zero-order valence-electron chi connectivity index (χ0n) is 9.56. The predicted molar refractivity (Wildman–Crippen MR) is 62.0 cm³/mol. The molecule has 2 heterocycles. The minimum absolute atomic E-state index is 0.253. The number of anilines is 1. The number of piperazine rings is 1. The number of nitrogens with one attached hydrogen (secondary N) is 1. The van der Waals surface area contributed by atoms with Crippen LogP contribution in [0.15, 0.2) is 15.7 Å². The van der Waals surface area contributed by atoms with Gasteiger partial charge in [0, 0.05) is 46.3 Å². The van der Waals surface area contributed by atoms with E-state index in [1.54, 1.807) is 7.05 Å². The summed E-state index contributed by atoms with van der Waals surface area (Å²) in [6, 6.07) is 1.52. The first kappa shape index (κ1) is 10.9. The molecular weight excluding hydrogens is 208 g/mol. The summed E-state index contributed by atoms with van der Waals surface area (Å²) in [6.07, 6.45) is 0. The quantitative estimate of drug-likeness (QED) is 0.630. The van der Waals surface area contributed by atoms with Crippen molar-refractivity contribution in [2.75, 3.05) is 31.1 Å². The van der Waals surface area contributed by atoms with Crippen LogP contribution >= 0.6 is 0 Å². The Bertz CT molecular complexity index is 497. The van der Waals surface area contributed by atoms with Crippen molar-refractivity contribution in [3.8, 4) is 0 Å². The molecule has 0 atom stereocenters. The molecule has 0 unspecified atom stereocenters. The maximum atomic E-state index is 11.7. The van der Waals surface area contributed by atoms with Crippen LogP contribution in [0, 0.1) is 0 Å². The Kier molecular flexibility index (Phi) is 2.82. The first-order valence-corrected chi connectivity index (χ1v) is 5.34. The Morgan fingerprint density at radius 1 is 1.12 bits per heavy atom.